The van der Waals surface area contributed by atoms with Crippen molar-refractivity contribution in [3.63, 3.8) is 0 Å². The highest BCUT2D eigenvalue weighted by Gasteiger charge is 2.21. The Morgan fingerprint density at radius 1 is 1.29 bits per heavy atom. The largest absolute Gasteiger partial charge is 0.383 e. The topological polar surface area (TPSA) is 63.7 Å². The number of amides is 1. The van der Waals surface area contributed by atoms with Crippen molar-refractivity contribution in [1.29, 1.82) is 0 Å². The summed E-state index contributed by atoms with van der Waals surface area (Å²) >= 11 is 1.41. The van der Waals surface area contributed by atoms with Crippen LogP contribution < -0.4 is 4.18 Å². The summed E-state index contributed by atoms with van der Waals surface area (Å²) in [5.74, 6) is 0.233. The summed E-state index contributed by atoms with van der Waals surface area (Å²) < 4.78 is 27.4. The molecule has 0 saturated carbocycles. The molecular weight excluding hydrogens is 346 g/mol. The highest BCUT2D eigenvalue weighted by atomic mass is 32.2. The van der Waals surface area contributed by atoms with Gasteiger partial charge in [-0.1, -0.05) is 25.1 Å². The number of hydrogen-bond acceptors (Lipinski definition) is 5. The van der Waals surface area contributed by atoms with E-state index in [9.17, 15) is 13.2 Å². The summed E-state index contributed by atoms with van der Waals surface area (Å²) in [6, 6.07) is 10.5. The van der Waals surface area contributed by atoms with Crippen molar-refractivity contribution < 1.29 is 17.4 Å². The normalized spacial score (nSPS) is 12.6. The van der Waals surface area contributed by atoms with Crippen molar-refractivity contribution in [3.05, 3.63) is 52.2 Å². The summed E-state index contributed by atoms with van der Waals surface area (Å²) in [6.45, 7) is 4.43. The summed E-state index contributed by atoms with van der Waals surface area (Å²) in [5, 5.41) is 1.88. The highest BCUT2D eigenvalue weighted by Crippen LogP contribution is 2.21. The minimum absolute atomic E-state index is 0.0196. The molecule has 1 aromatic carbocycles. The lowest BCUT2D eigenvalue weighted by molar-refractivity contribution is 0.0676. The number of hydrogen-bond donors (Lipinski definition) is 0. The van der Waals surface area contributed by atoms with Crippen LogP contribution in [0.1, 0.15) is 35.5 Å². The second-order valence-electron chi connectivity index (χ2n) is 5.60. The molecule has 0 aliphatic heterocycles. The van der Waals surface area contributed by atoms with Gasteiger partial charge in [0, 0.05) is 12.6 Å². The lowest BCUT2D eigenvalue weighted by Gasteiger charge is -2.28. The van der Waals surface area contributed by atoms with E-state index < -0.39 is 10.1 Å². The SMILES string of the molecule is CCC(C)N(Cc1cccc(OS(C)(=O)=O)c1)C(=O)c1cccs1. The first-order valence-electron chi connectivity index (χ1n) is 7.63. The molecule has 130 valence electrons. The maximum absolute atomic E-state index is 12.7. The molecule has 0 bridgehead atoms. The van der Waals surface area contributed by atoms with Crippen LogP contribution in [0, 0.1) is 0 Å². The predicted octanol–water partition coefficient (Wildman–Crippen LogP) is 3.53. The first kappa shape index (κ1) is 18.5. The van der Waals surface area contributed by atoms with Crippen molar-refractivity contribution in [2.45, 2.75) is 32.9 Å². The third-order valence-corrected chi connectivity index (χ3v) is 4.97. The van der Waals surface area contributed by atoms with Crippen LogP contribution in [0.25, 0.3) is 0 Å². The van der Waals surface area contributed by atoms with E-state index >= 15 is 0 Å². The van der Waals surface area contributed by atoms with Gasteiger partial charge in [-0.05, 0) is 42.5 Å². The average molecular weight is 367 g/mol. The fourth-order valence-corrected chi connectivity index (χ4v) is 3.39. The molecule has 1 amide bonds. The molecule has 24 heavy (non-hydrogen) atoms. The summed E-state index contributed by atoms with van der Waals surface area (Å²) in [6.07, 6.45) is 1.84. The number of benzene rings is 1. The van der Waals surface area contributed by atoms with Crippen LogP contribution in [0.4, 0.5) is 0 Å². The maximum atomic E-state index is 12.7. The molecule has 1 atom stereocenters. The number of nitrogens with zero attached hydrogens (tertiary/aromatic N) is 1. The summed E-state index contributed by atoms with van der Waals surface area (Å²) in [5.41, 5.74) is 0.821. The fraction of sp³-hybridized carbons (Fsp3) is 0.353. The lowest BCUT2D eigenvalue weighted by atomic mass is 10.1. The number of carbonyl (C=O) groups excluding carboxylic acids is 1. The van der Waals surface area contributed by atoms with Gasteiger partial charge in [0.15, 0.2) is 0 Å². The molecule has 1 unspecified atom stereocenters. The summed E-state index contributed by atoms with van der Waals surface area (Å²) in [7, 11) is -3.57. The molecule has 0 spiro atoms. The van der Waals surface area contributed by atoms with Crippen LogP contribution in [0.3, 0.4) is 0 Å². The second-order valence-corrected chi connectivity index (χ2v) is 8.13. The van der Waals surface area contributed by atoms with Gasteiger partial charge in [-0.2, -0.15) is 8.42 Å². The van der Waals surface area contributed by atoms with Crippen LogP contribution in [-0.4, -0.2) is 31.5 Å². The number of rotatable bonds is 7. The van der Waals surface area contributed by atoms with E-state index in [1.165, 1.54) is 11.3 Å². The standard InChI is InChI=1S/C17H21NO4S2/c1-4-13(2)18(17(19)16-9-6-10-23-16)12-14-7-5-8-15(11-14)22-24(3,20)21/h5-11,13H,4,12H2,1-3H3. The molecule has 0 aliphatic carbocycles. The van der Waals surface area contributed by atoms with Crippen molar-refractivity contribution >= 4 is 27.4 Å². The zero-order valence-electron chi connectivity index (χ0n) is 13.9. The van der Waals surface area contributed by atoms with Gasteiger partial charge >= 0.3 is 10.1 Å². The van der Waals surface area contributed by atoms with Gasteiger partial charge in [0.25, 0.3) is 5.91 Å². The fourth-order valence-electron chi connectivity index (χ4n) is 2.26. The van der Waals surface area contributed by atoms with Crippen LogP contribution in [0.2, 0.25) is 0 Å². The van der Waals surface area contributed by atoms with Gasteiger partial charge in [-0.3, -0.25) is 4.79 Å². The monoisotopic (exact) mass is 367 g/mol. The van der Waals surface area contributed by atoms with Crippen molar-refractivity contribution in [3.8, 4) is 5.75 Å². The Morgan fingerprint density at radius 2 is 2.04 bits per heavy atom. The van der Waals surface area contributed by atoms with E-state index in [1.807, 2.05) is 37.4 Å². The molecule has 2 aromatic rings. The molecule has 1 heterocycles. The van der Waals surface area contributed by atoms with Crippen molar-refractivity contribution in [1.82, 2.24) is 4.90 Å². The van der Waals surface area contributed by atoms with Crippen molar-refractivity contribution in [2.75, 3.05) is 6.26 Å². The smallest absolute Gasteiger partial charge is 0.306 e. The maximum Gasteiger partial charge on any atom is 0.306 e. The van der Waals surface area contributed by atoms with Gasteiger partial charge in [-0.25, -0.2) is 0 Å². The first-order valence-corrected chi connectivity index (χ1v) is 10.3. The van der Waals surface area contributed by atoms with Gasteiger partial charge in [-0.15, -0.1) is 11.3 Å². The van der Waals surface area contributed by atoms with Crippen LogP contribution in [0.15, 0.2) is 41.8 Å². The van der Waals surface area contributed by atoms with Gasteiger partial charge < -0.3 is 9.08 Å². The van der Waals surface area contributed by atoms with Crippen LogP contribution >= 0.6 is 11.3 Å². The van der Waals surface area contributed by atoms with E-state index in [0.29, 0.717) is 11.4 Å². The molecule has 2 rings (SSSR count). The van der Waals surface area contributed by atoms with Gasteiger partial charge in [0.1, 0.15) is 5.75 Å². The Balaban J connectivity index is 2.24. The van der Waals surface area contributed by atoms with Crippen LogP contribution in [-0.2, 0) is 16.7 Å². The van der Waals surface area contributed by atoms with E-state index in [-0.39, 0.29) is 17.7 Å². The van der Waals surface area contributed by atoms with Crippen molar-refractivity contribution in [2.24, 2.45) is 0 Å². The Kier molecular flexibility index (Phi) is 6.01. The molecular formula is C17H21NO4S2. The predicted molar refractivity (Wildman–Crippen MR) is 95.9 cm³/mol. The average Bonchev–Trinajstić information content (AvgIpc) is 3.04. The van der Waals surface area contributed by atoms with E-state index in [4.69, 9.17) is 4.18 Å². The van der Waals surface area contributed by atoms with E-state index in [1.54, 1.807) is 23.1 Å². The molecule has 5 nitrogen and oxygen atoms in total. The Morgan fingerprint density at radius 3 is 2.62 bits per heavy atom. The minimum Gasteiger partial charge on any atom is -0.383 e. The van der Waals surface area contributed by atoms with Gasteiger partial charge in [0.2, 0.25) is 0 Å². The first-order chi connectivity index (χ1) is 11.3. The molecule has 0 N–H and O–H groups in total. The third kappa shape index (κ3) is 5.07. The Labute approximate surface area is 147 Å². The molecule has 0 saturated heterocycles. The van der Waals surface area contributed by atoms with E-state index in [0.717, 1.165) is 18.2 Å². The Hall–Kier alpha value is -1.86. The molecule has 0 fully saturated rings. The molecule has 1 aromatic heterocycles. The quantitative estimate of drug-likeness (QED) is 0.702. The Bertz CT molecular complexity index is 785. The van der Waals surface area contributed by atoms with E-state index in [2.05, 4.69) is 0 Å². The number of thiophene rings is 1. The summed E-state index contributed by atoms with van der Waals surface area (Å²) in [4.78, 5) is 15.2. The highest BCUT2D eigenvalue weighted by molar-refractivity contribution is 7.86. The second kappa shape index (κ2) is 7.81. The molecule has 0 radical (unpaired) electrons. The third-order valence-electron chi connectivity index (χ3n) is 3.61. The van der Waals surface area contributed by atoms with Crippen LogP contribution in [0.5, 0.6) is 5.75 Å². The number of carbonyl (C=O) groups is 1. The lowest BCUT2D eigenvalue weighted by Crippen LogP contribution is -2.37. The molecule has 0 aliphatic rings. The van der Waals surface area contributed by atoms with Gasteiger partial charge in [0.05, 0.1) is 11.1 Å². The molecule has 7 heteroatoms. The minimum atomic E-state index is -3.57. The zero-order chi connectivity index (χ0) is 17.7. The zero-order valence-corrected chi connectivity index (χ0v) is 15.6.